The van der Waals surface area contributed by atoms with Gasteiger partial charge in [-0.05, 0) is 74.1 Å². The van der Waals surface area contributed by atoms with Crippen molar-refractivity contribution in [2.24, 2.45) is 0 Å². The van der Waals surface area contributed by atoms with Crippen molar-refractivity contribution >= 4 is 32.5 Å². The molecule has 1 aliphatic rings. The van der Waals surface area contributed by atoms with Gasteiger partial charge in [-0.1, -0.05) is 59.6 Å². The molecule has 0 unspecified atom stereocenters. The minimum absolute atomic E-state index is 0.334. The van der Waals surface area contributed by atoms with Gasteiger partial charge in [0.25, 0.3) is 0 Å². The van der Waals surface area contributed by atoms with Crippen LogP contribution in [0.25, 0.3) is 10.9 Å². The lowest BCUT2D eigenvalue weighted by molar-refractivity contribution is 0.319. The number of sulfonamides is 1. The minimum Gasteiger partial charge on any atom is -0.340 e. The number of aromatic nitrogens is 1. The molecule has 4 nitrogen and oxygen atoms in total. The summed E-state index contributed by atoms with van der Waals surface area (Å²) in [5.74, 6) is 0.334. The van der Waals surface area contributed by atoms with Gasteiger partial charge < -0.3 is 4.57 Å². The van der Waals surface area contributed by atoms with E-state index in [2.05, 4.69) is 47.9 Å². The molecule has 0 spiro atoms. The number of halogens is 1. The van der Waals surface area contributed by atoms with E-state index in [-0.39, 0.29) is 0 Å². The van der Waals surface area contributed by atoms with Crippen molar-refractivity contribution in [1.29, 1.82) is 0 Å². The zero-order chi connectivity index (χ0) is 23.9. The van der Waals surface area contributed by atoms with Crippen LogP contribution in [0.4, 0.5) is 0 Å². The number of benzene rings is 3. The molecule has 0 amide bonds. The SMILES string of the molecule is Cc1ccc(S(=O)(=O)N2CCC(c3c(C)n(Cc4ccc(Cl)cc4)c4ccccc34)CC2)cc1. The first-order valence-corrected chi connectivity index (χ1v) is 13.6. The van der Waals surface area contributed by atoms with Crippen LogP contribution in [0.2, 0.25) is 5.02 Å². The number of nitrogens with zero attached hydrogens (tertiary/aromatic N) is 2. The van der Waals surface area contributed by atoms with Crippen LogP contribution in [0.3, 0.4) is 0 Å². The predicted octanol–water partition coefficient (Wildman–Crippen LogP) is 6.53. The molecule has 1 saturated heterocycles. The molecule has 0 aliphatic carbocycles. The topological polar surface area (TPSA) is 42.3 Å². The van der Waals surface area contributed by atoms with Crippen molar-refractivity contribution in [1.82, 2.24) is 8.87 Å². The van der Waals surface area contributed by atoms with Gasteiger partial charge in [0.05, 0.1) is 4.90 Å². The van der Waals surface area contributed by atoms with Crippen molar-refractivity contribution in [2.45, 2.75) is 44.0 Å². The molecule has 1 aliphatic heterocycles. The molecule has 4 aromatic rings. The van der Waals surface area contributed by atoms with E-state index in [1.165, 1.54) is 27.7 Å². The van der Waals surface area contributed by atoms with Crippen molar-refractivity contribution < 1.29 is 8.42 Å². The van der Waals surface area contributed by atoms with Crippen LogP contribution < -0.4 is 0 Å². The Hall–Kier alpha value is -2.60. The third-order valence-electron chi connectivity index (χ3n) is 7.05. The zero-order valence-corrected chi connectivity index (χ0v) is 21.1. The Morgan fingerprint density at radius 2 is 1.53 bits per heavy atom. The monoisotopic (exact) mass is 492 g/mol. The number of hydrogen-bond acceptors (Lipinski definition) is 2. The molecule has 0 radical (unpaired) electrons. The first-order valence-electron chi connectivity index (χ1n) is 11.7. The highest BCUT2D eigenvalue weighted by Gasteiger charge is 2.32. The molecule has 176 valence electrons. The summed E-state index contributed by atoms with van der Waals surface area (Å²) in [4.78, 5) is 0.382. The second kappa shape index (κ2) is 9.21. The van der Waals surface area contributed by atoms with Crippen LogP contribution in [0, 0.1) is 13.8 Å². The van der Waals surface area contributed by atoms with Crippen molar-refractivity contribution in [3.8, 4) is 0 Å². The highest BCUT2D eigenvalue weighted by molar-refractivity contribution is 7.89. The third-order valence-corrected chi connectivity index (χ3v) is 9.22. The maximum absolute atomic E-state index is 13.2. The lowest BCUT2D eigenvalue weighted by atomic mass is 9.88. The molecule has 6 heteroatoms. The average Bonchev–Trinajstić information content (AvgIpc) is 3.12. The molecule has 0 bridgehead atoms. The van der Waals surface area contributed by atoms with E-state index < -0.39 is 10.0 Å². The average molecular weight is 493 g/mol. The number of aryl methyl sites for hydroxylation is 1. The molecule has 2 heterocycles. The maximum atomic E-state index is 13.2. The molecule has 34 heavy (non-hydrogen) atoms. The van der Waals surface area contributed by atoms with Gasteiger partial charge in [-0.3, -0.25) is 0 Å². The summed E-state index contributed by atoms with van der Waals surface area (Å²) < 4.78 is 30.4. The van der Waals surface area contributed by atoms with Crippen molar-refractivity contribution in [3.05, 3.63) is 100 Å². The largest absolute Gasteiger partial charge is 0.340 e. The molecule has 0 N–H and O–H groups in total. The highest BCUT2D eigenvalue weighted by Crippen LogP contribution is 2.38. The lowest BCUT2D eigenvalue weighted by Crippen LogP contribution is -2.38. The highest BCUT2D eigenvalue weighted by atomic mass is 35.5. The smallest absolute Gasteiger partial charge is 0.243 e. The Labute approximate surface area is 206 Å². The second-order valence-electron chi connectivity index (χ2n) is 9.22. The Morgan fingerprint density at radius 3 is 2.21 bits per heavy atom. The van der Waals surface area contributed by atoms with E-state index in [0.717, 1.165) is 30.0 Å². The summed E-state index contributed by atoms with van der Waals surface area (Å²) in [7, 11) is -3.46. The first kappa shape index (κ1) is 23.2. The minimum atomic E-state index is -3.46. The molecular weight excluding hydrogens is 464 g/mol. The summed E-state index contributed by atoms with van der Waals surface area (Å²) in [6.45, 7) is 6.02. The fourth-order valence-electron chi connectivity index (χ4n) is 5.19. The van der Waals surface area contributed by atoms with Crippen LogP contribution in [0.15, 0.2) is 77.7 Å². The van der Waals surface area contributed by atoms with Gasteiger partial charge >= 0.3 is 0 Å². The Morgan fingerprint density at radius 1 is 0.882 bits per heavy atom. The number of para-hydroxylation sites is 1. The number of rotatable bonds is 5. The third kappa shape index (κ3) is 4.28. The fraction of sp³-hybridized carbons (Fsp3) is 0.286. The maximum Gasteiger partial charge on any atom is 0.243 e. The Kier molecular flexibility index (Phi) is 6.28. The van der Waals surface area contributed by atoms with Crippen LogP contribution >= 0.6 is 11.6 Å². The number of hydrogen-bond donors (Lipinski definition) is 0. The van der Waals surface area contributed by atoms with E-state index in [9.17, 15) is 8.42 Å². The second-order valence-corrected chi connectivity index (χ2v) is 11.6. The molecule has 3 aromatic carbocycles. The van der Waals surface area contributed by atoms with Crippen LogP contribution in [0.5, 0.6) is 0 Å². The summed E-state index contributed by atoms with van der Waals surface area (Å²) in [6.07, 6.45) is 1.64. The van der Waals surface area contributed by atoms with E-state index in [0.29, 0.717) is 23.9 Å². The van der Waals surface area contributed by atoms with Crippen molar-refractivity contribution in [2.75, 3.05) is 13.1 Å². The molecule has 0 atom stereocenters. The van der Waals surface area contributed by atoms with E-state index in [1.54, 1.807) is 16.4 Å². The first-order chi connectivity index (χ1) is 16.3. The van der Waals surface area contributed by atoms with Crippen LogP contribution in [-0.2, 0) is 16.6 Å². The van der Waals surface area contributed by atoms with Gasteiger partial charge in [-0.25, -0.2) is 8.42 Å². The normalized spacial score (nSPS) is 15.7. The van der Waals surface area contributed by atoms with Gasteiger partial charge in [0.15, 0.2) is 0 Å². The van der Waals surface area contributed by atoms with Gasteiger partial charge in [0, 0.05) is 41.3 Å². The van der Waals surface area contributed by atoms with Gasteiger partial charge in [-0.15, -0.1) is 0 Å². The molecule has 0 saturated carbocycles. The molecular formula is C28H29ClN2O2S. The van der Waals surface area contributed by atoms with Gasteiger partial charge in [0.1, 0.15) is 0 Å². The zero-order valence-electron chi connectivity index (χ0n) is 19.5. The van der Waals surface area contributed by atoms with Crippen LogP contribution in [-0.4, -0.2) is 30.4 Å². The summed E-state index contributed by atoms with van der Waals surface area (Å²) in [5, 5.41) is 2.01. The number of fused-ring (bicyclic) bond motifs is 1. The summed E-state index contributed by atoms with van der Waals surface area (Å²) in [6, 6.07) is 23.7. The Balaban J connectivity index is 1.42. The lowest BCUT2D eigenvalue weighted by Gasteiger charge is -2.31. The quantitative estimate of drug-likeness (QED) is 0.318. The Bertz CT molecular complexity index is 1420. The van der Waals surface area contributed by atoms with Gasteiger partial charge in [-0.2, -0.15) is 4.31 Å². The standard InChI is InChI=1S/C28H29ClN2O2S/c1-20-7-13-25(14-8-20)34(32,33)30-17-15-23(16-18-30)28-21(2)31(27-6-4-3-5-26(27)28)19-22-9-11-24(29)12-10-22/h3-14,23H,15-19H2,1-2H3. The fourth-order valence-corrected chi connectivity index (χ4v) is 6.79. The van der Waals surface area contributed by atoms with Crippen molar-refractivity contribution in [3.63, 3.8) is 0 Å². The summed E-state index contributed by atoms with van der Waals surface area (Å²) in [5.41, 5.74) is 6.11. The molecule has 1 aromatic heterocycles. The van der Waals surface area contributed by atoms with E-state index >= 15 is 0 Å². The molecule has 1 fully saturated rings. The number of piperidine rings is 1. The van der Waals surface area contributed by atoms with Gasteiger partial charge in [0.2, 0.25) is 10.0 Å². The van der Waals surface area contributed by atoms with E-state index in [4.69, 9.17) is 11.6 Å². The van der Waals surface area contributed by atoms with E-state index in [1.807, 2.05) is 31.2 Å². The summed E-state index contributed by atoms with van der Waals surface area (Å²) >= 11 is 6.08. The predicted molar refractivity (Wildman–Crippen MR) is 139 cm³/mol. The van der Waals surface area contributed by atoms with Crippen LogP contribution in [0.1, 0.15) is 41.1 Å². The molecule has 5 rings (SSSR count).